The Morgan fingerprint density at radius 1 is 1.19 bits per heavy atom. The van der Waals surface area contributed by atoms with Crippen LogP contribution in [0, 0.1) is 11.3 Å². The van der Waals surface area contributed by atoms with E-state index < -0.39 is 0 Å². The Morgan fingerprint density at radius 2 is 2.00 bits per heavy atom. The van der Waals surface area contributed by atoms with Gasteiger partial charge in [0.2, 0.25) is 0 Å². The number of benzene rings is 2. The molecular formula is C22H23N3O2. The number of aryl methyl sites for hydroxylation is 1. The minimum Gasteiger partial charge on any atom is -0.493 e. The van der Waals surface area contributed by atoms with Gasteiger partial charge in [0, 0.05) is 12.1 Å². The van der Waals surface area contributed by atoms with Gasteiger partial charge < -0.3 is 14.0 Å². The molecule has 27 heavy (non-hydrogen) atoms. The molecule has 0 aliphatic rings. The van der Waals surface area contributed by atoms with Gasteiger partial charge in [-0.05, 0) is 37.6 Å². The number of rotatable bonds is 7. The van der Waals surface area contributed by atoms with Crippen LogP contribution < -0.4 is 9.47 Å². The molecule has 0 fully saturated rings. The van der Waals surface area contributed by atoms with Crippen LogP contribution in [0.5, 0.6) is 11.5 Å². The van der Waals surface area contributed by atoms with Crippen LogP contribution in [0.2, 0.25) is 0 Å². The van der Waals surface area contributed by atoms with Gasteiger partial charge in [0.1, 0.15) is 6.07 Å². The highest BCUT2D eigenvalue weighted by Crippen LogP contribution is 2.34. The van der Waals surface area contributed by atoms with Crippen LogP contribution in [-0.2, 0) is 6.54 Å². The summed E-state index contributed by atoms with van der Waals surface area (Å²) in [7, 11) is 1.61. The lowest BCUT2D eigenvalue weighted by Crippen LogP contribution is -2.02. The first kappa shape index (κ1) is 18.5. The second-order valence-electron chi connectivity index (χ2n) is 6.07. The molecule has 3 aromatic rings. The number of para-hydroxylation sites is 3. The van der Waals surface area contributed by atoms with Crippen molar-refractivity contribution < 1.29 is 9.47 Å². The molecule has 0 saturated carbocycles. The number of hydrogen-bond donors (Lipinski definition) is 0. The van der Waals surface area contributed by atoms with E-state index in [0.717, 1.165) is 29.6 Å². The van der Waals surface area contributed by atoms with E-state index in [4.69, 9.17) is 9.47 Å². The summed E-state index contributed by atoms with van der Waals surface area (Å²) in [6.07, 6.45) is 2.71. The molecule has 1 heterocycles. The molecule has 2 aromatic carbocycles. The largest absolute Gasteiger partial charge is 0.493 e. The Labute approximate surface area is 159 Å². The third-order valence-corrected chi connectivity index (χ3v) is 4.31. The quantitative estimate of drug-likeness (QED) is 0.561. The maximum absolute atomic E-state index is 9.84. The normalized spacial score (nSPS) is 11.4. The Hall–Kier alpha value is -3.26. The number of nitriles is 1. The van der Waals surface area contributed by atoms with Gasteiger partial charge in [0.15, 0.2) is 17.3 Å². The van der Waals surface area contributed by atoms with Gasteiger partial charge in [-0.3, -0.25) is 0 Å². The van der Waals surface area contributed by atoms with Crippen molar-refractivity contribution in [2.24, 2.45) is 0 Å². The summed E-state index contributed by atoms with van der Waals surface area (Å²) in [5.74, 6) is 1.96. The van der Waals surface area contributed by atoms with Gasteiger partial charge in [0.05, 0.1) is 30.3 Å². The summed E-state index contributed by atoms with van der Waals surface area (Å²) in [6.45, 7) is 5.41. The molecule has 5 heteroatoms. The van der Waals surface area contributed by atoms with Crippen molar-refractivity contribution in [3.8, 4) is 17.6 Å². The number of allylic oxidation sites excluding steroid dienone is 1. The second kappa shape index (κ2) is 8.41. The first-order valence-electron chi connectivity index (χ1n) is 9.10. The number of methoxy groups -OCH3 is 1. The SMILES string of the molecule is CCCOc1c(/C=C(/C#N)c2nc3ccccc3n2CC)cccc1OC. The van der Waals surface area contributed by atoms with E-state index in [1.807, 2.05) is 55.5 Å². The van der Waals surface area contributed by atoms with Gasteiger partial charge in [-0.1, -0.05) is 31.2 Å². The van der Waals surface area contributed by atoms with Crippen molar-refractivity contribution in [2.75, 3.05) is 13.7 Å². The highest BCUT2D eigenvalue weighted by Gasteiger charge is 2.16. The van der Waals surface area contributed by atoms with E-state index in [-0.39, 0.29) is 0 Å². The van der Waals surface area contributed by atoms with Crippen LogP contribution in [0.1, 0.15) is 31.7 Å². The molecule has 138 valence electrons. The summed E-state index contributed by atoms with van der Waals surface area (Å²) in [4.78, 5) is 4.69. The number of nitrogens with zero attached hydrogens (tertiary/aromatic N) is 3. The van der Waals surface area contributed by atoms with Crippen LogP contribution in [0.4, 0.5) is 0 Å². The van der Waals surface area contributed by atoms with E-state index in [1.165, 1.54) is 0 Å². The Balaban J connectivity index is 2.15. The molecular weight excluding hydrogens is 338 g/mol. The lowest BCUT2D eigenvalue weighted by atomic mass is 10.1. The van der Waals surface area contributed by atoms with Crippen molar-refractivity contribution in [1.82, 2.24) is 9.55 Å². The van der Waals surface area contributed by atoms with E-state index in [9.17, 15) is 5.26 Å². The van der Waals surface area contributed by atoms with E-state index in [0.29, 0.717) is 29.5 Å². The van der Waals surface area contributed by atoms with Crippen molar-refractivity contribution in [2.45, 2.75) is 26.8 Å². The van der Waals surface area contributed by atoms with Crippen LogP contribution in [0.3, 0.4) is 0 Å². The lowest BCUT2D eigenvalue weighted by Gasteiger charge is -2.13. The summed E-state index contributed by atoms with van der Waals surface area (Å²) >= 11 is 0. The van der Waals surface area contributed by atoms with Gasteiger partial charge in [-0.2, -0.15) is 5.26 Å². The predicted octanol–water partition coefficient (Wildman–Crippen LogP) is 4.92. The Morgan fingerprint density at radius 3 is 2.70 bits per heavy atom. The fraction of sp³-hybridized carbons (Fsp3) is 0.273. The highest BCUT2D eigenvalue weighted by atomic mass is 16.5. The molecule has 0 amide bonds. The average Bonchev–Trinajstić information content (AvgIpc) is 3.08. The first-order valence-corrected chi connectivity index (χ1v) is 9.10. The standard InChI is InChI=1S/C22H23N3O2/c1-4-13-27-21-16(9-8-12-20(21)26-3)14-17(15-23)22-24-18-10-6-7-11-19(18)25(22)5-2/h6-12,14H,4-5,13H2,1-3H3/b17-14-. The molecule has 0 N–H and O–H groups in total. The van der Waals surface area contributed by atoms with Crippen molar-refractivity contribution in [3.63, 3.8) is 0 Å². The highest BCUT2D eigenvalue weighted by molar-refractivity contribution is 5.92. The lowest BCUT2D eigenvalue weighted by molar-refractivity contribution is 0.293. The maximum atomic E-state index is 9.84. The minimum atomic E-state index is 0.489. The molecule has 0 saturated heterocycles. The second-order valence-corrected chi connectivity index (χ2v) is 6.07. The summed E-state index contributed by atoms with van der Waals surface area (Å²) in [5.41, 5.74) is 3.18. The van der Waals surface area contributed by atoms with E-state index in [1.54, 1.807) is 7.11 Å². The fourth-order valence-electron chi connectivity index (χ4n) is 3.07. The van der Waals surface area contributed by atoms with Gasteiger partial charge in [-0.25, -0.2) is 4.98 Å². The monoisotopic (exact) mass is 361 g/mol. The van der Waals surface area contributed by atoms with Gasteiger partial charge in [-0.15, -0.1) is 0 Å². The molecule has 0 radical (unpaired) electrons. The molecule has 5 nitrogen and oxygen atoms in total. The predicted molar refractivity (Wildman–Crippen MR) is 108 cm³/mol. The number of imidazole rings is 1. The number of aromatic nitrogens is 2. The van der Waals surface area contributed by atoms with Crippen LogP contribution in [0.25, 0.3) is 22.7 Å². The number of ether oxygens (including phenoxy) is 2. The molecule has 1 aromatic heterocycles. The summed E-state index contributed by atoms with van der Waals surface area (Å²) in [6, 6.07) is 15.9. The smallest absolute Gasteiger partial charge is 0.168 e. The minimum absolute atomic E-state index is 0.489. The summed E-state index contributed by atoms with van der Waals surface area (Å²) in [5, 5.41) is 9.84. The topological polar surface area (TPSA) is 60.1 Å². The Bertz CT molecular complexity index is 1010. The van der Waals surface area contributed by atoms with Crippen LogP contribution in [-0.4, -0.2) is 23.3 Å². The zero-order chi connectivity index (χ0) is 19.2. The first-order chi connectivity index (χ1) is 13.2. The summed E-state index contributed by atoms with van der Waals surface area (Å²) < 4.78 is 13.4. The molecule has 0 bridgehead atoms. The number of fused-ring (bicyclic) bond motifs is 1. The molecule has 0 aliphatic heterocycles. The molecule has 0 atom stereocenters. The van der Waals surface area contributed by atoms with Crippen LogP contribution in [0.15, 0.2) is 42.5 Å². The van der Waals surface area contributed by atoms with Crippen molar-refractivity contribution in [3.05, 3.63) is 53.9 Å². The van der Waals surface area contributed by atoms with Crippen molar-refractivity contribution >= 4 is 22.7 Å². The maximum Gasteiger partial charge on any atom is 0.168 e. The molecule has 3 rings (SSSR count). The van der Waals surface area contributed by atoms with Gasteiger partial charge in [0.25, 0.3) is 0 Å². The Kier molecular flexibility index (Phi) is 5.77. The zero-order valence-corrected chi connectivity index (χ0v) is 15.9. The molecule has 0 aliphatic carbocycles. The molecule has 0 spiro atoms. The number of hydrogen-bond acceptors (Lipinski definition) is 4. The molecule has 0 unspecified atom stereocenters. The van der Waals surface area contributed by atoms with Crippen molar-refractivity contribution in [1.29, 1.82) is 5.26 Å². The van der Waals surface area contributed by atoms with E-state index >= 15 is 0 Å². The fourth-order valence-corrected chi connectivity index (χ4v) is 3.07. The van der Waals surface area contributed by atoms with E-state index in [2.05, 4.69) is 22.5 Å². The van der Waals surface area contributed by atoms with Gasteiger partial charge >= 0.3 is 0 Å². The average molecular weight is 361 g/mol. The third-order valence-electron chi connectivity index (χ3n) is 4.31. The zero-order valence-electron chi connectivity index (χ0n) is 15.9. The van der Waals surface area contributed by atoms with Crippen LogP contribution >= 0.6 is 0 Å². The third kappa shape index (κ3) is 3.65.